The SMILES string of the molecule is C=CC(CCC)OP(=O)(O)O. The Balaban J connectivity index is 3.88. The highest BCUT2D eigenvalue weighted by molar-refractivity contribution is 7.46. The largest absolute Gasteiger partial charge is 0.470 e. The zero-order valence-electron chi connectivity index (χ0n) is 6.43. The van der Waals surface area contributed by atoms with Crippen molar-refractivity contribution >= 4 is 7.82 Å². The van der Waals surface area contributed by atoms with Crippen molar-refractivity contribution in [2.24, 2.45) is 0 Å². The van der Waals surface area contributed by atoms with Gasteiger partial charge in [0.15, 0.2) is 0 Å². The van der Waals surface area contributed by atoms with Gasteiger partial charge in [0.2, 0.25) is 0 Å². The van der Waals surface area contributed by atoms with Crippen molar-refractivity contribution in [1.82, 2.24) is 0 Å². The van der Waals surface area contributed by atoms with Gasteiger partial charge in [-0.05, 0) is 6.42 Å². The molecule has 1 unspecified atom stereocenters. The molecule has 0 aliphatic rings. The molecule has 0 aromatic carbocycles. The van der Waals surface area contributed by atoms with Crippen molar-refractivity contribution in [2.45, 2.75) is 25.9 Å². The predicted molar refractivity (Wildman–Crippen MR) is 42.0 cm³/mol. The first-order valence-corrected chi connectivity index (χ1v) is 4.89. The maximum absolute atomic E-state index is 10.3. The van der Waals surface area contributed by atoms with Crippen LogP contribution in [0.4, 0.5) is 0 Å². The molecule has 0 aliphatic heterocycles. The average Bonchev–Trinajstić information content (AvgIpc) is 1.84. The van der Waals surface area contributed by atoms with E-state index in [1.54, 1.807) is 0 Å². The van der Waals surface area contributed by atoms with E-state index in [9.17, 15) is 4.57 Å². The minimum atomic E-state index is -4.34. The second kappa shape index (κ2) is 4.67. The van der Waals surface area contributed by atoms with Gasteiger partial charge in [-0.2, -0.15) is 0 Å². The van der Waals surface area contributed by atoms with Crippen LogP contribution in [0, 0.1) is 0 Å². The van der Waals surface area contributed by atoms with Crippen molar-refractivity contribution in [3.8, 4) is 0 Å². The molecule has 0 radical (unpaired) electrons. The molecule has 0 amide bonds. The fourth-order valence-corrected chi connectivity index (χ4v) is 1.22. The fraction of sp³-hybridized carbons (Fsp3) is 0.667. The molecule has 0 spiro atoms. The normalized spacial score (nSPS) is 14.5. The molecule has 0 rings (SSSR count). The van der Waals surface area contributed by atoms with E-state index in [0.717, 1.165) is 6.42 Å². The summed E-state index contributed by atoms with van der Waals surface area (Å²) < 4.78 is 14.7. The van der Waals surface area contributed by atoms with E-state index in [1.807, 2.05) is 6.92 Å². The minimum Gasteiger partial charge on any atom is -0.303 e. The van der Waals surface area contributed by atoms with Crippen molar-refractivity contribution in [2.75, 3.05) is 0 Å². The average molecular weight is 180 g/mol. The van der Waals surface area contributed by atoms with Crippen LogP contribution in [-0.2, 0) is 9.09 Å². The van der Waals surface area contributed by atoms with Gasteiger partial charge in [0.05, 0.1) is 6.10 Å². The van der Waals surface area contributed by atoms with Crippen molar-refractivity contribution in [1.29, 1.82) is 0 Å². The van der Waals surface area contributed by atoms with Crippen LogP contribution in [0.25, 0.3) is 0 Å². The molecule has 0 aromatic rings. The Morgan fingerprint density at radius 3 is 2.55 bits per heavy atom. The third-order valence-electron chi connectivity index (χ3n) is 1.11. The van der Waals surface area contributed by atoms with Crippen LogP contribution in [-0.4, -0.2) is 15.9 Å². The standard InChI is InChI=1S/C6H13O4P/c1-3-5-6(4-2)10-11(7,8)9/h4,6H,2-3,5H2,1H3,(H2,7,8,9). The topological polar surface area (TPSA) is 66.8 Å². The number of rotatable bonds is 5. The molecule has 66 valence electrons. The Labute approximate surface area is 66.1 Å². The number of hydrogen-bond donors (Lipinski definition) is 2. The van der Waals surface area contributed by atoms with Gasteiger partial charge < -0.3 is 9.79 Å². The van der Waals surface area contributed by atoms with Gasteiger partial charge in [0, 0.05) is 0 Å². The molecule has 0 bridgehead atoms. The summed E-state index contributed by atoms with van der Waals surface area (Å²) >= 11 is 0. The Morgan fingerprint density at radius 2 is 2.27 bits per heavy atom. The molecule has 2 N–H and O–H groups in total. The van der Waals surface area contributed by atoms with Crippen LogP contribution >= 0.6 is 7.82 Å². The molecule has 11 heavy (non-hydrogen) atoms. The van der Waals surface area contributed by atoms with Crippen LogP contribution in [0.1, 0.15) is 19.8 Å². The molecule has 0 aliphatic carbocycles. The summed E-state index contributed by atoms with van der Waals surface area (Å²) in [6, 6.07) is 0. The third kappa shape index (κ3) is 6.26. The number of phosphoric ester groups is 1. The van der Waals surface area contributed by atoms with E-state index >= 15 is 0 Å². The molecule has 0 saturated carbocycles. The van der Waals surface area contributed by atoms with Crippen molar-refractivity contribution in [3.05, 3.63) is 12.7 Å². The van der Waals surface area contributed by atoms with E-state index in [2.05, 4.69) is 11.1 Å². The lowest BCUT2D eigenvalue weighted by atomic mass is 10.2. The molecule has 1 atom stereocenters. The van der Waals surface area contributed by atoms with Gasteiger partial charge >= 0.3 is 7.82 Å². The molecule has 0 saturated heterocycles. The smallest absolute Gasteiger partial charge is 0.303 e. The van der Waals surface area contributed by atoms with E-state index < -0.39 is 13.9 Å². The quantitative estimate of drug-likeness (QED) is 0.496. The van der Waals surface area contributed by atoms with E-state index in [-0.39, 0.29) is 0 Å². The lowest BCUT2D eigenvalue weighted by Crippen LogP contribution is -2.06. The maximum Gasteiger partial charge on any atom is 0.470 e. The first-order chi connectivity index (χ1) is 4.99. The fourth-order valence-electron chi connectivity index (χ4n) is 0.674. The van der Waals surface area contributed by atoms with Gasteiger partial charge in [-0.25, -0.2) is 4.57 Å². The van der Waals surface area contributed by atoms with Crippen molar-refractivity contribution < 1.29 is 18.9 Å². The van der Waals surface area contributed by atoms with Gasteiger partial charge in [0.1, 0.15) is 0 Å². The molecule has 0 heterocycles. The molecular formula is C6H13O4P. The lowest BCUT2D eigenvalue weighted by molar-refractivity contribution is 0.155. The van der Waals surface area contributed by atoms with E-state index in [1.165, 1.54) is 6.08 Å². The Kier molecular flexibility index (Phi) is 4.61. The van der Waals surface area contributed by atoms with Crippen molar-refractivity contribution in [3.63, 3.8) is 0 Å². The first kappa shape index (κ1) is 10.8. The highest BCUT2D eigenvalue weighted by Gasteiger charge is 2.18. The summed E-state index contributed by atoms with van der Waals surface area (Å²) in [4.78, 5) is 16.8. The zero-order valence-corrected chi connectivity index (χ0v) is 7.33. The molecule has 5 heteroatoms. The highest BCUT2D eigenvalue weighted by Crippen LogP contribution is 2.38. The van der Waals surface area contributed by atoms with Gasteiger partial charge in [0.25, 0.3) is 0 Å². The summed E-state index contributed by atoms with van der Waals surface area (Å²) in [5.74, 6) is 0. The summed E-state index contributed by atoms with van der Waals surface area (Å²) in [5.41, 5.74) is 0. The molecule has 4 nitrogen and oxygen atoms in total. The molecular weight excluding hydrogens is 167 g/mol. The monoisotopic (exact) mass is 180 g/mol. The Bertz CT molecular complexity index is 162. The summed E-state index contributed by atoms with van der Waals surface area (Å²) in [6.45, 7) is 5.30. The summed E-state index contributed by atoms with van der Waals surface area (Å²) in [7, 11) is -4.34. The number of phosphoric acid groups is 1. The Morgan fingerprint density at radius 1 is 1.73 bits per heavy atom. The van der Waals surface area contributed by atoms with Crippen LogP contribution in [0.15, 0.2) is 12.7 Å². The van der Waals surface area contributed by atoms with E-state index in [0.29, 0.717) is 6.42 Å². The predicted octanol–water partition coefficient (Wildman–Crippen LogP) is 1.45. The van der Waals surface area contributed by atoms with Gasteiger partial charge in [-0.3, -0.25) is 4.52 Å². The van der Waals surface area contributed by atoms with E-state index in [4.69, 9.17) is 9.79 Å². The molecule has 0 fully saturated rings. The third-order valence-corrected chi connectivity index (χ3v) is 1.65. The lowest BCUT2D eigenvalue weighted by Gasteiger charge is -2.12. The maximum atomic E-state index is 10.3. The second-order valence-electron chi connectivity index (χ2n) is 2.16. The van der Waals surface area contributed by atoms with Crippen LogP contribution in [0.3, 0.4) is 0 Å². The summed E-state index contributed by atoms with van der Waals surface area (Å²) in [6.07, 6.45) is 2.23. The number of hydrogen-bond acceptors (Lipinski definition) is 2. The Hall–Kier alpha value is -0.150. The minimum absolute atomic E-state index is 0.541. The summed E-state index contributed by atoms with van der Waals surface area (Å²) in [5, 5.41) is 0. The van der Waals surface area contributed by atoms with Gasteiger partial charge in [-0.15, -0.1) is 6.58 Å². The van der Waals surface area contributed by atoms with Crippen LogP contribution in [0.5, 0.6) is 0 Å². The van der Waals surface area contributed by atoms with Crippen LogP contribution < -0.4 is 0 Å². The van der Waals surface area contributed by atoms with Crippen LogP contribution in [0.2, 0.25) is 0 Å². The van der Waals surface area contributed by atoms with Gasteiger partial charge in [-0.1, -0.05) is 19.4 Å². The zero-order chi connectivity index (χ0) is 8.91. The molecule has 0 aromatic heterocycles. The first-order valence-electron chi connectivity index (χ1n) is 3.36. The second-order valence-corrected chi connectivity index (χ2v) is 3.35. The highest BCUT2D eigenvalue weighted by atomic mass is 31.2.